The first kappa shape index (κ1) is 12.0. The monoisotopic (exact) mass is 197 g/mol. The van der Waals surface area contributed by atoms with Gasteiger partial charge < -0.3 is 4.90 Å². The third-order valence-electron chi connectivity index (χ3n) is 3.82. The molecule has 0 aliphatic carbocycles. The molecule has 1 heteroatoms. The Morgan fingerprint density at radius 1 is 1.14 bits per heavy atom. The third-order valence-corrected chi connectivity index (χ3v) is 3.82. The van der Waals surface area contributed by atoms with Crippen LogP contribution >= 0.6 is 0 Å². The minimum atomic E-state index is 0.501. The predicted octanol–water partition coefficient (Wildman–Crippen LogP) is 3.54. The van der Waals surface area contributed by atoms with Crippen molar-refractivity contribution in [3.8, 4) is 0 Å². The first-order valence-electron chi connectivity index (χ1n) is 6.07. The van der Waals surface area contributed by atoms with Crippen molar-refractivity contribution in [2.24, 2.45) is 10.8 Å². The fourth-order valence-corrected chi connectivity index (χ4v) is 2.03. The number of piperidine rings is 1. The standard InChI is InChI=1S/C13H27N/c1-6-12(2,3)11-14-9-7-13(4,5)8-10-14/h6-11H2,1-5H3. The van der Waals surface area contributed by atoms with Crippen molar-refractivity contribution in [2.75, 3.05) is 19.6 Å². The van der Waals surface area contributed by atoms with Crippen molar-refractivity contribution >= 4 is 0 Å². The average Bonchev–Trinajstić information content (AvgIpc) is 2.09. The lowest BCUT2D eigenvalue weighted by Crippen LogP contribution is -2.42. The lowest BCUT2D eigenvalue weighted by Gasteiger charge is -2.40. The van der Waals surface area contributed by atoms with Crippen LogP contribution in [0.1, 0.15) is 53.9 Å². The number of hydrogen-bond donors (Lipinski definition) is 0. The molecule has 0 N–H and O–H groups in total. The van der Waals surface area contributed by atoms with E-state index in [0.717, 1.165) is 0 Å². The minimum Gasteiger partial charge on any atom is -0.303 e. The summed E-state index contributed by atoms with van der Waals surface area (Å²) in [7, 11) is 0. The van der Waals surface area contributed by atoms with Crippen LogP contribution in [0.3, 0.4) is 0 Å². The van der Waals surface area contributed by atoms with E-state index in [1.54, 1.807) is 0 Å². The van der Waals surface area contributed by atoms with E-state index in [4.69, 9.17) is 0 Å². The minimum absolute atomic E-state index is 0.501. The highest BCUT2D eigenvalue weighted by Crippen LogP contribution is 2.31. The molecular weight excluding hydrogens is 170 g/mol. The molecule has 0 atom stereocenters. The summed E-state index contributed by atoms with van der Waals surface area (Å²) >= 11 is 0. The summed E-state index contributed by atoms with van der Waals surface area (Å²) in [6.07, 6.45) is 4.02. The molecule has 1 nitrogen and oxygen atoms in total. The highest BCUT2D eigenvalue weighted by Gasteiger charge is 2.28. The van der Waals surface area contributed by atoms with Crippen LogP contribution in [-0.2, 0) is 0 Å². The van der Waals surface area contributed by atoms with Gasteiger partial charge in [-0.25, -0.2) is 0 Å². The van der Waals surface area contributed by atoms with Gasteiger partial charge in [0.1, 0.15) is 0 Å². The Hall–Kier alpha value is -0.0400. The highest BCUT2D eigenvalue weighted by atomic mass is 15.1. The molecule has 1 aliphatic heterocycles. The SMILES string of the molecule is CCC(C)(C)CN1CCC(C)(C)CC1. The second-order valence-electron chi connectivity index (χ2n) is 6.46. The lowest BCUT2D eigenvalue weighted by atomic mass is 9.81. The molecule has 14 heavy (non-hydrogen) atoms. The Kier molecular flexibility index (Phi) is 3.63. The van der Waals surface area contributed by atoms with Gasteiger partial charge in [-0.05, 0) is 43.2 Å². The van der Waals surface area contributed by atoms with Crippen molar-refractivity contribution in [3.05, 3.63) is 0 Å². The van der Waals surface area contributed by atoms with E-state index >= 15 is 0 Å². The smallest absolute Gasteiger partial charge is 0.00326 e. The molecule has 1 aliphatic rings. The number of nitrogens with zero attached hydrogens (tertiary/aromatic N) is 1. The van der Waals surface area contributed by atoms with Crippen LogP contribution in [0.4, 0.5) is 0 Å². The normalized spacial score (nSPS) is 23.8. The lowest BCUT2D eigenvalue weighted by molar-refractivity contribution is 0.0934. The summed E-state index contributed by atoms with van der Waals surface area (Å²) in [6, 6.07) is 0. The van der Waals surface area contributed by atoms with Gasteiger partial charge in [-0.3, -0.25) is 0 Å². The number of likely N-dealkylation sites (tertiary alicyclic amines) is 1. The Morgan fingerprint density at radius 2 is 1.64 bits per heavy atom. The topological polar surface area (TPSA) is 3.24 Å². The van der Waals surface area contributed by atoms with Crippen molar-refractivity contribution in [1.29, 1.82) is 0 Å². The molecule has 0 bridgehead atoms. The van der Waals surface area contributed by atoms with Gasteiger partial charge in [0, 0.05) is 6.54 Å². The molecule has 0 aromatic heterocycles. The van der Waals surface area contributed by atoms with Gasteiger partial charge in [0.2, 0.25) is 0 Å². The predicted molar refractivity (Wildman–Crippen MR) is 63.5 cm³/mol. The Morgan fingerprint density at radius 3 is 2.07 bits per heavy atom. The third kappa shape index (κ3) is 3.61. The maximum atomic E-state index is 2.65. The molecule has 1 saturated heterocycles. The summed E-state index contributed by atoms with van der Waals surface area (Å²) in [5.41, 5.74) is 1.09. The summed E-state index contributed by atoms with van der Waals surface area (Å²) in [5, 5.41) is 0. The summed E-state index contributed by atoms with van der Waals surface area (Å²) in [6.45, 7) is 15.7. The van der Waals surface area contributed by atoms with Crippen LogP contribution < -0.4 is 0 Å². The molecule has 0 saturated carbocycles. The van der Waals surface area contributed by atoms with Gasteiger partial charge in [-0.2, -0.15) is 0 Å². The van der Waals surface area contributed by atoms with Gasteiger partial charge in [0.15, 0.2) is 0 Å². The van der Waals surface area contributed by atoms with Crippen molar-refractivity contribution in [1.82, 2.24) is 4.90 Å². The first-order chi connectivity index (χ1) is 6.35. The van der Waals surface area contributed by atoms with Crippen LogP contribution in [0.15, 0.2) is 0 Å². The van der Waals surface area contributed by atoms with E-state index in [0.29, 0.717) is 10.8 Å². The fourth-order valence-electron chi connectivity index (χ4n) is 2.03. The Bertz CT molecular complexity index is 172. The fraction of sp³-hybridized carbons (Fsp3) is 1.00. The van der Waals surface area contributed by atoms with Crippen LogP contribution in [-0.4, -0.2) is 24.5 Å². The number of rotatable bonds is 3. The second kappa shape index (κ2) is 4.22. The first-order valence-corrected chi connectivity index (χ1v) is 6.07. The molecule has 84 valence electrons. The van der Waals surface area contributed by atoms with Gasteiger partial charge in [0.25, 0.3) is 0 Å². The molecule has 1 rings (SSSR count). The summed E-state index contributed by atoms with van der Waals surface area (Å²) < 4.78 is 0. The van der Waals surface area contributed by atoms with Crippen molar-refractivity contribution < 1.29 is 0 Å². The maximum absolute atomic E-state index is 2.65. The van der Waals surface area contributed by atoms with Crippen LogP contribution in [0.25, 0.3) is 0 Å². The van der Waals surface area contributed by atoms with Crippen LogP contribution in [0.2, 0.25) is 0 Å². The van der Waals surface area contributed by atoms with E-state index in [1.807, 2.05) is 0 Å². The van der Waals surface area contributed by atoms with E-state index in [1.165, 1.54) is 38.9 Å². The van der Waals surface area contributed by atoms with Gasteiger partial charge in [-0.1, -0.05) is 34.6 Å². The molecule has 0 unspecified atom stereocenters. The van der Waals surface area contributed by atoms with Gasteiger partial charge in [0.05, 0.1) is 0 Å². The average molecular weight is 197 g/mol. The summed E-state index contributed by atoms with van der Waals surface area (Å²) in [5.74, 6) is 0. The number of hydrogen-bond acceptors (Lipinski definition) is 1. The molecule has 1 heterocycles. The molecule has 0 aromatic rings. The molecular formula is C13H27N. The molecule has 1 fully saturated rings. The molecule has 0 radical (unpaired) electrons. The van der Waals surface area contributed by atoms with Crippen molar-refractivity contribution in [2.45, 2.75) is 53.9 Å². The molecule has 0 spiro atoms. The van der Waals surface area contributed by atoms with E-state index in [9.17, 15) is 0 Å². The maximum Gasteiger partial charge on any atom is 0.00326 e. The van der Waals surface area contributed by atoms with Crippen molar-refractivity contribution in [3.63, 3.8) is 0 Å². The highest BCUT2D eigenvalue weighted by molar-refractivity contribution is 4.81. The zero-order valence-electron chi connectivity index (χ0n) is 10.7. The van der Waals surface area contributed by atoms with Crippen LogP contribution in [0.5, 0.6) is 0 Å². The molecule has 0 amide bonds. The molecule has 0 aromatic carbocycles. The van der Waals surface area contributed by atoms with Gasteiger partial charge in [-0.15, -0.1) is 0 Å². The second-order valence-corrected chi connectivity index (χ2v) is 6.46. The zero-order valence-corrected chi connectivity index (χ0v) is 10.7. The zero-order chi connectivity index (χ0) is 10.8. The van der Waals surface area contributed by atoms with E-state index < -0.39 is 0 Å². The van der Waals surface area contributed by atoms with E-state index in [2.05, 4.69) is 39.5 Å². The Labute approximate surface area is 89.9 Å². The van der Waals surface area contributed by atoms with Gasteiger partial charge >= 0.3 is 0 Å². The largest absolute Gasteiger partial charge is 0.303 e. The van der Waals surface area contributed by atoms with E-state index in [-0.39, 0.29) is 0 Å². The van der Waals surface area contributed by atoms with Crippen LogP contribution in [0, 0.1) is 10.8 Å². The quantitative estimate of drug-likeness (QED) is 0.669. The Balaban J connectivity index is 2.36. The summed E-state index contributed by atoms with van der Waals surface area (Å²) in [4.78, 5) is 2.65.